The number of alkyl halides is 3. The maximum Gasteiger partial charge on any atom is 0.427 e. The van der Waals surface area contributed by atoms with Crippen LogP contribution in [0.3, 0.4) is 0 Å². The number of piperidine rings is 1. The van der Waals surface area contributed by atoms with E-state index in [1.54, 1.807) is 7.11 Å². The molecule has 1 aromatic heterocycles. The van der Waals surface area contributed by atoms with Crippen LogP contribution < -0.4 is 4.74 Å². The lowest BCUT2D eigenvalue weighted by Crippen LogP contribution is -2.45. The van der Waals surface area contributed by atoms with Gasteiger partial charge >= 0.3 is 6.18 Å². The number of halogens is 3. The highest BCUT2D eigenvalue weighted by Gasteiger charge is 2.65. The Morgan fingerprint density at radius 2 is 1.94 bits per heavy atom. The molecule has 1 saturated heterocycles. The van der Waals surface area contributed by atoms with Gasteiger partial charge in [-0.15, -0.1) is 0 Å². The average molecular weight is 530 g/mol. The van der Waals surface area contributed by atoms with Crippen LogP contribution in [0.1, 0.15) is 55.2 Å². The van der Waals surface area contributed by atoms with Crippen LogP contribution in [0.15, 0.2) is 27.6 Å². The van der Waals surface area contributed by atoms with E-state index in [1.165, 1.54) is 4.90 Å². The molecule has 9 nitrogen and oxygen atoms in total. The summed E-state index contributed by atoms with van der Waals surface area (Å²) < 4.78 is 80.8. The molecular weight excluding hydrogens is 503 g/mol. The van der Waals surface area contributed by atoms with Gasteiger partial charge in [0.1, 0.15) is 11.4 Å². The normalized spacial score (nSPS) is 25.0. The molecule has 3 fully saturated rings. The molecular formula is C23H26F3N3O6S. The zero-order valence-corrected chi connectivity index (χ0v) is 21.0. The van der Waals surface area contributed by atoms with E-state index >= 15 is 0 Å². The Morgan fingerprint density at radius 1 is 1.25 bits per heavy atom. The molecule has 0 N–H and O–H groups in total. The van der Waals surface area contributed by atoms with Crippen molar-refractivity contribution < 1.29 is 40.4 Å². The van der Waals surface area contributed by atoms with Crippen molar-refractivity contribution in [2.45, 2.75) is 60.8 Å². The number of rotatable bonds is 7. The number of fused-ring (bicyclic) bond motifs is 1. The van der Waals surface area contributed by atoms with Gasteiger partial charge < -0.3 is 18.9 Å². The van der Waals surface area contributed by atoms with Crippen molar-refractivity contribution in [3.63, 3.8) is 0 Å². The van der Waals surface area contributed by atoms with E-state index in [0.717, 1.165) is 57.6 Å². The smallest absolute Gasteiger partial charge is 0.427 e. The second-order valence-electron chi connectivity index (χ2n) is 10.4. The molecule has 196 valence electrons. The Labute approximate surface area is 205 Å². The average Bonchev–Trinajstić information content (AvgIpc) is 3.62. The summed E-state index contributed by atoms with van der Waals surface area (Å²) in [4.78, 5) is 19.4. The van der Waals surface area contributed by atoms with E-state index in [-0.39, 0.29) is 28.7 Å². The van der Waals surface area contributed by atoms with E-state index in [4.69, 9.17) is 14.0 Å². The summed E-state index contributed by atoms with van der Waals surface area (Å²) in [6, 6.07) is 3.29. The highest BCUT2D eigenvalue weighted by molar-refractivity contribution is 7.90. The molecule has 1 aromatic carbocycles. The summed E-state index contributed by atoms with van der Waals surface area (Å²) in [5, 5.41) is 4.14. The number of hydrogen-bond acceptors (Lipinski definition) is 8. The first-order valence-electron chi connectivity index (χ1n) is 11.4. The number of likely N-dealkylation sites (tertiary alicyclic amines) is 1. The van der Waals surface area contributed by atoms with Crippen molar-refractivity contribution in [2.24, 2.45) is 5.92 Å². The van der Waals surface area contributed by atoms with Gasteiger partial charge in [0.05, 0.1) is 15.9 Å². The number of hydrogen-bond donors (Lipinski definition) is 0. The predicted octanol–water partition coefficient (Wildman–Crippen LogP) is 3.24. The van der Waals surface area contributed by atoms with E-state index < -0.39 is 38.5 Å². The molecule has 5 rings (SSSR count). The molecule has 13 heteroatoms. The molecule has 1 aliphatic heterocycles. The van der Waals surface area contributed by atoms with Gasteiger partial charge in [0, 0.05) is 26.5 Å². The zero-order valence-electron chi connectivity index (χ0n) is 20.2. The number of sulfone groups is 1. The van der Waals surface area contributed by atoms with Gasteiger partial charge in [0.15, 0.2) is 21.3 Å². The van der Waals surface area contributed by atoms with Crippen LogP contribution in [0.25, 0.3) is 0 Å². The van der Waals surface area contributed by atoms with Crippen LogP contribution in [0.2, 0.25) is 0 Å². The summed E-state index contributed by atoms with van der Waals surface area (Å²) in [6.07, 6.45) is -1.47. The highest BCUT2D eigenvalue weighted by Crippen LogP contribution is 2.59. The number of carbonyl (C=O) groups excluding carboxylic acids is 1. The first-order valence-corrected chi connectivity index (χ1v) is 13.3. The fourth-order valence-corrected chi connectivity index (χ4v) is 5.36. The SMILES string of the molecule is COC1(c2nc(C34CC3CN(C(=O)c3cc(S(C)(=O)=O)ccc3OC(C)(C)C(F)(F)F)C4)no2)CC1. The van der Waals surface area contributed by atoms with E-state index in [1.807, 2.05) is 0 Å². The second-order valence-corrected chi connectivity index (χ2v) is 12.4. The predicted molar refractivity (Wildman–Crippen MR) is 118 cm³/mol. The molecule has 3 aliphatic rings. The van der Waals surface area contributed by atoms with E-state index in [9.17, 15) is 26.4 Å². The number of ether oxygens (including phenoxy) is 2. The van der Waals surface area contributed by atoms with Gasteiger partial charge in [0.25, 0.3) is 11.8 Å². The minimum atomic E-state index is -4.72. The van der Waals surface area contributed by atoms with Gasteiger partial charge in [-0.05, 0) is 57.2 Å². The Bertz CT molecular complexity index is 1330. The lowest BCUT2D eigenvalue weighted by molar-refractivity contribution is -0.234. The number of carbonyl (C=O) groups is 1. The van der Waals surface area contributed by atoms with Crippen molar-refractivity contribution in [3.8, 4) is 5.75 Å². The van der Waals surface area contributed by atoms with Crippen molar-refractivity contribution >= 4 is 15.7 Å². The molecule has 0 bridgehead atoms. The fourth-order valence-electron chi connectivity index (χ4n) is 4.71. The maximum absolute atomic E-state index is 13.5. The minimum absolute atomic E-state index is 0.0543. The zero-order chi connectivity index (χ0) is 26.3. The van der Waals surface area contributed by atoms with Crippen LogP contribution in [0.5, 0.6) is 5.75 Å². The summed E-state index contributed by atoms with van der Waals surface area (Å²) in [5.41, 5.74) is -3.92. The molecule has 2 atom stereocenters. The number of benzene rings is 1. The number of methoxy groups -OCH3 is 1. The number of nitrogens with zero attached hydrogens (tertiary/aromatic N) is 3. The van der Waals surface area contributed by atoms with E-state index in [2.05, 4.69) is 10.1 Å². The topological polar surface area (TPSA) is 112 Å². The van der Waals surface area contributed by atoms with Gasteiger partial charge in [-0.25, -0.2) is 8.42 Å². The number of amides is 1. The van der Waals surface area contributed by atoms with Crippen molar-refractivity contribution in [1.29, 1.82) is 0 Å². The third-order valence-electron chi connectivity index (χ3n) is 7.45. The van der Waals surface area contributed by atoms with Crippen LogP contribution in [-0.2, 0) is 25.6 Å². The van der Waals surface area contributed by atoms with Crippen LogP contribution in [-0.4, -0.2) is 67.6 Å². The Morgan fingerprint density at radius 3 is 2.53 bits per heavy atom. The molecule has 0 spiro atoms. The lowest BCUT2D eigenvalue weighted by atomic mass is 10.1. The molecule has 36 heavy (non-hydrogen) atoms. The highest BCUT2D eigenvalue weighted by atomic mass is 32.2. The van der Waals surface area contributed by atoms with Crippen LogP contribution in [0.4, 0.5) is 13.2 Å². The van der Waals surface area contributed by atoms with Crippen molar-refractivity contribution in [1.82, 2.24) is 15.0 Å². The van der Waals surface area contributed by atoms with Crippen LogP contribution in [0, 0.1) is 5.92 Å². The Hall–Kier alpha value is -2.67. The molecule has 2 aliphatic carbocycles. The lowest BCUT2D eigenvalue weighted by Gasteiger charge is -2.30. The summed E-state index contributed by atoms with van der Waals surface area (Å²) in [6.45, 7) is 2.22. The quantitative estimate of drug-likeness (QED) is 0.538. The Balaban J connectivity index is 1.43. The minimum Gasteiger partial charge on any atom is -0.478 e. The summed E-state index contributed by atoms with van der Waals surface area (Å²) in [5.74, 6) is -0.0450. The molecule has 2 aromatic rings. The van der Waals surface area contributed by atoms with Gasteiger partial charge in [-0.3, -0.25) is 4.79 Å². The van der Waals surface area contributed by atoms with Crippen molar-refractivity contribution in [3.05, 3.63) is 35.5 Å². The molecule has 2 unspecified atom stereocenters. The van der Waals surface area contributed by atoms with Gasteiger partial charge in [-0.1, -0.05) is 5.16 Å². The first kappa shape index (κ1) is 25.0. The number of aromatic nitrogens is 2. The first-order chi connectivity index (χ1) is 16.6. The third-order valence-corrected chi connectivity index (χ3v) is 8.56. The van der Waals surface area contributed by atoms with Gasteiger partial charge in [-0.2, -0.15) is 18.2 Å². The molecule has 1 amide bonds. The summed E-state index contributed by atoms with van der Waals surface area (Å²) in [7, 11) is -2.15. The molecule has 2 saturated carbocycles. The largest absolute Gasteiger partial charge is 0.478 e. The summed E-state index contributed by atoms with van der Waals surface area (Å²) >= 11 is 0. The standard InChI is InChI=1S/C23H26F3N3O6S/c1-20(2,23(24,25)26)34-16-6-5-14(36(4,31)32)9-15(16)17(30)29-11-13-10-21(13,12-29)18-27-19(35-28-18)22(33-3)7-8-22/h5-6,9,13H,7-8,10-12H2,1-4H3. The molecule has 0 radical (unpaired) electrons. The maximum atomic E-state index is 13.5. The monoisotopic (exact) mass is 529 g/mol. The molecule has 2 heterocycles. The van der Waals surface area contributed by atoms with E-state index in [0.29, 0.717) is 18.3 Å². The van der Waals surface area contributed by atoms with Crippen molar-refractivity contribution in [2.75, 3.05) is 26.5 Å². The fraction of sp³-hybridized carbons (Fsp3) is 0.609. The van der Waals surface area contributed by atoms with Crippen LogP contribution >= 0.6 is 0 Å². The third kappa shape index (κ3) is 3.96. The second kappa shape index (κ2) is 7.67. The van der Waals surface area contributed by atoms with Gasteiger partial charge in [0.2, 0.25) is 0 Å². The Kier molecular flexibility index (Phi) is 5.33.